The van der Waals surface area contributed by atoms with Crippen molar-refractivity contribution in [1.82, 2.24) is 9.78 Å². The van der Waals surface area contributed by atoms with Gasteiger partial charge in [-0.2, -0.15) is 5.10 Å². The predicted molar refractivity (Wildman–Crippen MR) is 61.7 cm³/mol. The fourth-order valence-electron chi connectivity index (χ4n) is 2.38. The molecule has 84 valence electrons. The van der Waals surface area contributed by atoms with E-state index in [2.05, 4.69) is 18.9 Å². The van der Waals surface area contributed by atoms with Crippen LogP contribution in [0.5, 0.6) is 0 Å². The molecule has 1 aliphatic rings. The Morgan fingerprint density at radius 2 is 2.13 bits per heavy atom. The number of aromatic nitrogens is 2. The van der Waals surface area contributed by atoms with Gasteiger partial charge < -0.3 is 5.73 Å². The molecule has 1 aromatic heterocycles. The quantitative estimate of drug-likeness (QED) is 0.820. The van der Waals surface area contributed by atoms with Gasteiger partial charge in [0.1, 0.15) is 0 Å². The minimum Gasteiger partial charge on any atom is -0.327 e. The van der Waals surface area contributed by atoms with Crippen molar-refractivity contribution in [2.75, 3.05) is 0 Å². The van der Waals surface area contributed by atoms with Crippen LogP contribution >= 0.6 is 0 Å². The molecular weight excluding hydrogens is 186 g/mol. The molecule has 3 heteroatoms. The largest absolute Gasteiger partial charge is 0.327 e. The van der Waals surface area contributed by atoms with Crippen LogP contribution in [-0.2, 0) is 13.5 Å². The van der Waals surface area contributed by atoms with E-state index in [0.29, 0.717) is 6.04 Å². The van der Waals surface area contributed by atoms with Gasteiger partial charge in [0.25, 0.3) is 0 Å². The van der Waals surface area contributed by atoms with Gasteiger partial charge in [-0.25, -0.2) is 0 Å². The molecule has 15 heavy (non-hydrogen) atoms. The molecule has 1 fully saturated rings. The summed E-state index contributed by atoms with van der Waals surface area (Å²) in [6.07, 6.45) is 5.00. The van der Waals surface area contributed by atoms with Gasteiger partial charge in [-0.15, -0.1) is 0 Å². The van der Waals surface area contributed by atoms with Crippen molar-refractivity contribution in [2.24, 2.45) is 18.7 Å². The van der Waals surface area contributed by atoms with Gasteiger partial charge in [-0.1, -0.05) is 6.42 Å². The maximum atomic E-state index is 6.22. The van der Waals surface area contributed by atoms with E-state index in [9.17, 15) is 0 Å². The Labute approximate surface area is 91.7 Å². The van der Waals surface area contributed by atoms with Gasteiger partial charge in [-0.3, -0.25) is 4.68 Å². The van der Waals surface area contributed by atoms with Crippen LogP contribution in [0.15, 0.2) is 0 Å². The molecule has 1 aliphatic carbocycles. The monoisotopic (exact) mass is 207 g/mol. The molecule has 0 amide bonds. The van der Waals surface area contributed by atoms with Crippen molar-refractivity contribution in [2.45, 2.75) is 45.6 Å². The summed E-state index contributed by atoms with van der Waals surface area (Å²) >= 11 is 0. The van der Waals surface area contributed by atoms with E-state index in [1.165, 1.54) is 30.5 Å². The van der Waals surface area contributed by atoms with Crippen molar-refractivity contribution in [3.8, 4) is 0 Å². The zero-order valence-corrected chi connectivity index (χ0v) is 9.95. The standard InChI is InChI=1S/C12H21N3/c1-8-11(9(2)15(3)14-8)7-12(13)10-5-4-6-10/h10,12H,4-7,13H2,1-3H3. The molecule has 0 spiro atoms. The number of hydrogen-bond donors (Lipinski definition) is 1. The number of nitrogens with two attached hydrogens (primary N) is 1. The maximum Gasteiger partial charge on any atom is 0.0628 e. The second-order valence-corrected chi connectivity index (χ2v) is 4.83. The highest BCUT2D eigenvalue weighted by Gasteiger charge is 2.25. The molecule has 1 saturated carbocycles. The minimum absolute atomic E-state index is 0.334. The first-order valence-electron chi connectivity index (χ1n) is 5.84. The molecule has 1 heterocycles. The first-order valence-corrected chi connectivity index (χ1v) is 5.84. The number of hydrogen-bond acceptors (Lipinski definition) is 2. The van der Waals surface area contributed by atoms with Crippen molar-refractivity contribution < 1.29 is 0 Å². The summed E-state index contributed by atoms with van der Waals surface area (Å²) in [7, 11) is 2.00. The molecule has 0 bridgehead atoms. The lowest BCUT2D eigenvalue weighted by molar-refractivity contribution is 0.260. The lowest BCUT2D eigenvalue weighted by Crippen LogP contribution is -2.36. The number of rotatable bonds is 3. The van der Waals surface area contributed by atoms with E-state index in [4.69, 9.17) is 5.73 Å². The Morgan fingerprint density at radius 3 is 2.53 bits per heavy atom. The second kappa shape index (κ2) is 3.97. The van der Waals surface area contributed by atoms with E-state index in [-0.39, 0.29) is 0 Å². The third-order valence-electron chi connectivity index (χ3n) is 3.85. The van der Waals surface area contributed by atoms with Gasteiger partial charge in [-0.05, 0) is 44.6 Å². The summed E-state index contributed by atoms with van der Waals surface area (Å²) in [5.41, 5.74) is 9.99. The Kier molecular flexibility index (Phi) is 2.83. The van der Waals surface area contributed by atoms with Gasteiger partial charge in [0.2, 0.25) is 0 Å². The first kappa shape index (κ1) is 10.7. The zero-order chi connectivity index (χ0) is 11.0. The Morgan fingerprint density at radius 1 is 1.47 bits per heavy atom. The fourth-order valence-corrected chi connectivity index (χ4v) is 2.38. The van der Waals surface area contributed by atoms with Crippen LogP contribution in [0.2, 0.25) is 0 Å². The highest BCUT2D eigenvalue weighted by molar-refractivity contribution is 5.25. The van der Waals surface area contributed by atoms with Gasteiger partial charge in [0.05, 0.1) is 5.69 Å². The Balaban J connectivity index is 2.09. The summed E-state index contributed by atoms with van der Waals surface area (Å²) in [4.78, 5) is 0. The zero-order valence-electron chi connectivity index (χ0n) is 9.95. The van der Waals surface area contributed by atoms with Crippen LogP contribution in [0.3, 0.4) is 0 Å². The third-order valence-corrected chi connectivity index (χ3v) is 3.85. The maximum absolute atomic E-state index is 6.22. The molecule has 0 radical (unpaired) electrons. The third kappa shape index (κ3) is 1.93. The summed E-state index contributed by atoms with van der Waals surface area (Å²) in [6, 6.07) is 0.334. The predicted octanol–water partition coefficient (Wildman–Crippen LogP) is 1.71. The van der Waals surface area contributed by atoms with Crippen LogP contribution < -0.4 is 5.73 Å². The topological polar surface area (TPSA) is 43.8 Å². The van der Waals surface area contributed by atoms with Crippen molar-refractivity contribution in [3.63, 3.8) is 0 Å². The summed E-state index contributed by atoms with van der Waals surface area (Å²) in [5.74, 6) is 0.754. The minimum atomic E-state index is 0.334. The molecule has 3 nitrogen and oxygen atoms in total. The molecule has 1 unspecified atom stereocenters. The number of aryl methyl sites for hydroxylation is 2. The van der Waals surface area contributed by atoms with Crippen LogP contribution in [0.4, 0.5) is 0 Å². The molecule has 0 aromatic carbocycles. The molecular formula is C12H21N3. The summed E-state index contributed by atoms with van der Waals surface area (Å²) < 4.78 is 1.96. The highest BCUT2D eigenvalue weighted by Crippen LogP contribution is 2.30. The lowest BCUT2D eigenvalue weighted by atomic mass is 9.78. The Hall–Kier alpha value is -0.830. The lowest BCUT2D eigenvalue weighted by Gasteiger charge is -2.31. The van der Waals surface area contributed by atoms with E-state index in [1.807, 2.05) is 11.7 Å². The molecule has 0 aliphatic heterocycles. The SMILES string of the molecule is Cc1nn(C)c(C)c1CC(N)C1CCC1. The van der Waals surface area contributed by atoms with E-state index >= 15 is 0 Å². The Bertz CT molecular complexity index is 350. The van der Waals surface area contributed by atoms with Crippen LogP contribution in [0, 0.1) is 19.8 Å². The van der Waals surface area contributed by atoms with Gasteiger partial charge in [0.15, 0.2) is 0 Å². The van der Waals surface area contributed by atoms with Gasteiger partial charge in [0, 0.05) is 18.8 Å². The molecule has 0 saturated heterocycles. The molecule has 2 N–H and O–H groups in total. The average Bonchev–Trinajstić information content (AvgIpc) is 2.29. The number of nitrogens with zero attached hydrogens (tertiary/aromatic N) is 2. The van der Waals surface area contributed by atoms with E-state index < -0.39 is 0 Å². The second-order valence-electron chi connectivity index (χ2n) is 4.83. The van der Waals surface area contributed by atoms with Crippen LogP contribution in [0.25, 0.3) is 0 Å². The first-order chi connectivity index (χ1) is 7.09. The summed E-state index contributed by atoms with van der Waals surface area (Å²) in [6.45, 7) is 4.21. The highest BCUT2D eigenvalue weighted by atomic mass is 15.3. The molecule has 1 atom stereocenters. The van der Waals surface area contributed by atoms with E-state index in [1.54, 1.807) is 0 Å². The van der Waals surface area contributed by atoms with E-state index in [0.717, 1.165) is 18.0 Å². The fraction of sp³-hybridized carbons (Fsp3) is 0.750. The molecule has 2 rings (SSSR count). The smallest absolute Gasteiger partial charge is 0.0628 e. The summed E-state index contributed by atoms with van der Waals surface area (Å²) in [5, 5.41) is 4.43. The van der Waals surface area contributed by atoms with Crippen molar-refractivity contribution in [1.29, 1.82) is 0 Å². The van der Waals surface area contributed by atoms with Crippen LogP contribution in [0.1, 0.15) is 36.2 Å². The normalized spacial score (nSPS) is 18.9. The average molecular weight is 207 g/mol. The van der Waals surface area contributed by atoms with Crippen molar-refractivity contribution in [3.05, 3.63) is 17.0 Å². The van der Waals surface area contributed by atoms with Crippen LogP contribution in [-0.4, -0.2) is 15.8 Å². The molecule has 1 aromatic rings. The van der Waals surface area contributed by atoms with Crippen molar-refractivity contribution >= 4 is 0 Å². The van der Waals surface area contributed by atoms with Gasteiger partial charge >= 0.3 is 0 Å².